The molecule has 0 spiro atoms. The lowest BCUT2D eigenvalue weighted by atomic mass is 10.0. The fourth-order valence-electron chi connectivity index (χ4n) is 4.74. The second kappa shape index (κ2) is 12.8. The first-order valence-electron chi connectivity index (χ1n) is 13.1. The normalized spacial score (nSPS) is 13.4. The summed E-state index contributed by atoms with van der Waals surface area (Å²) in [6, 6.07) is 23.2. The van der Waals surface area contributed by atoms with E-state index >= 15 is 0 Å². The summed E-state index contributed by atoms with van der Waals surface area (Å²) < 4.78 is 0.879. The molecule has 4 rings (SSSR count). The van der Waals surface area contributed by atoms with Crippen LogP contribution in [0.15, 0.2) is 83.3 Å². The van der Waals surface area contributed by atoms with Gasteiger partial charge in [0.05, 0.1) is 11.1 Å². The van der Waals surface area contributed by atoms with E-state index in [-0.39, 0.29) is 49.2 Å². The van der Waals surface area contributed by atoms with E-state index < -0.39 is 6.04 Å². The highest BCUT2D eigenvalue weighted by Crippen LogP contribution is 2.23. The molecule has 0 aromatic heterocycles. The Morgan fingerprint density at radius 3 is 2.10 bits per heavy atom. The third-order valence-corrected chi connectivity index (χ3v) is 7.09. The molecule has 1 aliphatic heterocycles. The average molecular weight is 591 g/mol. The Kier molecular flexibility index (Phi) is 9.30. The summed E-state index contributed by atoms with van der Waals surface area (Å²) in [5.74, 6) is -1.12. The first kappa shape index (κ1) is 28.2. The molecule has 0 aliphatic carbocycles. The smallest absolute Gasteiger partial charge is 0.261 e. The van der Waals surface area contributed by atoms with Crippen molar-refractivity contribution in [3.05, 3.63) is 106 Å². The van der Waals surface area contributed by atoms with Gasteiger partial charge in [-0.05, 0) is 55.7 Å². The molecule has 0 saturated heterocycles. The molecule has 0 fully saturated rings. The van der Waals surface area contributed by atoms with Crippen molar-refractivity contribution in [2.45, 2.75) is 51.7 Å². The van der Waals surface area contributed by atoms with Gasteiger partial charge in [0, 0.05) is 36.4 Å². The summed E-state index contributed by atoms with van der Waals surface area (Å²) >= 11 is 3.49. The molecule has 3 aromatic rings. The minimum Gasteiger partial charge on any atom is -0.352 e. The Labute approximate surface area is 237 Å². The van der Waals surface area contributed by atoms with Crippen LogP contribution in [-0.4, -0.2) is 52.1 Å². The molecule has 7 nitrogen and oxygen atoms in total. The maximum atomic E-state index is 13.8. The van der Waals surface area contributed by atoms with E-state index in [0.29, 0.717) is 24.0 Å². The number of carbonyl (C=O) groups excluding carboxylic acids is 4. The van der Waals surface area contributed by atoms with Crippen molar-refractivity contribution in [1.82, 2.24) is 15.1 Å². The molecule has 1 aliphatic rings. The third kappa shape index (κ3) is 7.00. The first-order chi connectivity index (χ1) is 18.7. The van der Waals surface area contributed by atoms with Gasteiger partial charge in [0.2, 0.25) is 11.8 Å². The summed E-state index contributed by atoms with van der Waals surface area (Å²) in [6.45, 7) is 4.15. The van der Waals surface area contributed by atoms with Gasteiger partial charge in [0.15, 0.2) is 0 Å². The summed E-state index contributed by atoms with van der Waals surface area (Å²) in [6.07, 6.45) is 0.738. The van der Waals surface area contributed by atoms with Crippen molar-refractivity contribution in [2.24, 2.45) is 0 Å². The second-order valence-corrected chi connectivity index (χ2v) is 10.8. The minimum absolute atomic E-state index is 0.0850. The second-order valence-electron chi connectivity index (χ2n) is 9.93. The van der Waals surface area contributed by atoms with Crippen molar-refractivity contribution in [1.29, 1.82) is 0 Å². The Balaban J connectivity index is 1.54. The monoisotopic (exact) mass is 589 g/mol. The largest absolute Gasteiger partial charge is 0.352 e. The van der Waals surface area contributed by atoms with Gasteiger partial charge in [-0.1, -0.05) is 70.5 Å². The van der Waals surface area contributed by atoms with Gasteiger partial charge in [0.25, 0.3) is 11.8 Å². The number of amides is 4. The quantitative estimate of drug-likeness (QED) is 0.319. The van der Waals surface area contributed by atoms with Crippen LogP contribution in [0.25, 0.3) is 0 Å². The molecule has 4 amide bonds. The number of hydrogen-bond donors (Lipinski definition) is 1. The van der Waals surface area contributed by atoms with E-state index in [1.807, 2.05) is 68.4 Å². The van der Waals surface area contributed by atoms with Crippen LogP contribution in [0.1, 0.15) is 58.5 Å². The molecule has 0 bridgehead atoms. The van der Waals surface area contributed by atoms with Gasteiger partial charge in [-0.25, -0.2) is 0 Å². The zero-order chi connectivity index (χ0) is 27.9. The van der Waals surface area contributed by atoms with E-state index in [1.54, 1.807) is 29.2 Å². The summed E-state index contributed by atoms with van der Waals surface area (Å²) in [5.41, 5.74) is 2.60. The number of rotatable bonds is 11. The number of hydrogen-bond acceptors (Lipinski definition) is 4. The maximum Gasteiger partial charge on any atom is 0.261 e. The van der Waals surface area contributed by atoms with Crippen LogP contribution in [-0.2, 0) is 22.6 Å². The molecule has 8 heteroatoms. The zero-order valence-electron chi connectivity index (χ0n) is 22.1. The number of halogens is 1. The summed E-state index contributed by atoms with van der Waals surface area (Å²) in [5, 5.41) is 2.98. The molecule has 1 N–H and O–H groups in total. The van der Waals surface area contributed by atoms with Crippen LogP contribution in [0, 0.1) is 0 Å². The third-order valence-electron chi connectivity index (χ3n) is 6.59. The highest BCUT2D eigenvalue weighted by molar-refractivity contribution is 9.10. The fourth-order valence-corrected chi connectivity index (χ4v) is 5.19. The number of carbonyl (C=O) groups is 4. The SMILES string of the molecule is CC(C)NC(=O)[C@H](Cc1ccccc1)N(Cc1cccc(Br)c1)C(=O)CCCN1C(=O)c2ccccc2C1=O. The first-order valence-corrected chi connectivity index (χ1v) is 13.9. The molecular weight excluding hydrogens is 558 g/mol. The summed E-state index contributed by atoms with van der Waals surface area (Å²) in [4.78, 5) is 55.5. The van der Waals surface area contributed by atoms with Crippen LogP contribution in [0.3, 0.4) is 0 Å². The van der Waals surface area contributed by atoms with E-state index in [9.17, 15) is 19.2 Å². The Hall–Kier alpha value is -3.78. The van der Waals surface area contributed by atoms with Crippen molar-refractivity contribution < 1.29 is 19.2 Å². The Bertz CT molecular complexity index is 1320. The zero-order valence-corrected chi connectivity index (χ0v) is 23.7. The maximum absolute atomic E-state index is 13.8. The van der Waals surface area contributed by atoms with Gasteiger partial charge in [0.1, 0.15) is 6.04 Å². The minimum atomic E-state index is -0.736. The van der Waals surface area contributed by atoms with Crippen LogP contribution in [0.4, 0.5) is 0 Å². The standard InChI is InChI=1S/C31H32BrN3O4/c1-21(2)33-29(37)27(19-22-10-4-3-5-11-22)35(20-23-12-8-13-24(32)18-23)28(36)16-9-17-34-30(38)25-14-6-7-15-26(25)31(34)39/h3-8,10-15,18,21,27H,9,16-17,19-20H2,1-2H3,(H,33,37)/t27-/m0/s1. The summed E-state index contributed by atoms with van der Waals surface area (Å²) in [7, 11) is 0. The highest BCUT2D eigenvalue weighted by Gasteiger charge is 2.35. The molecule has 39 heavy (non-hydrogen) atoms. The molecule has 3 aromatic carbocycles. The van der Waals surface area contributed by atoms with Gasteiger partial charge < -0.3 is 10.2 Å². The number of imide groups is 1. The van der Waals surface area contributed by atoms with E-state index in [2.05, 4.69) is 21.2 Å². The van der Waals surface area contributed by atoms with Crippen LogP contribution >= 0.6 is 15.9 Å². The molecule has 0 unspecified atom stereocenters. The van der Waals surface area contributed by atoms with Crippen molar-refractivity contribution in [3.63, 3.8) is 0 Å². The Morgan fingerprint density at radius 1 is 0.872 bits per heavy atom. The number of fused-ring (bicyclic) bond motifs is 1. The van der Waals surface area contributed by atoms with E-state index in [1.165, 1.54) is 4.90 Å². The van der Waals surface area contributed by atoms with Crippen molar-refractivity contribution >= 4 is 39.6 Å². The predicted molar refractivity (Wildman–Crippen MR) is 153 cm³/mol. The highest BCUT2D eigenvalue weighted by atomic mass is 79.9. The average Bonchev–Trinajstić information content (AvgIpc) is 3.15. The van der Waals surface area contributed by atoms with Crippen molar-refractivity contribution in [3.8, 4) is 0 Å². The molecule has 0 saturated carbocycles. The molecular formula is C31H32BrN3O4. The van der Waals surface area contributed by atoms with Gasteiger partial charge in [-0.2, -0.15) is 0 Å². The molecule has 1 atom stereocenters. The lowest BCUT2D eigenvalue weighted by Gasteiger charge is -2.32. The number of benzene rings is 3. The Morgan fingerprint density at radius 2 is 1.49 bits per heavy atom. The number of nitrogens with one attached hydrogen (secondary N) is 1. The topological polar surface area (TPSA) is 86.8 Å². The van der Waals surface area contributed by atoms with Crippen LogP contribution < -0.4 is 5.32 Å². The lowest BCUT2D eigenvalue weighted by Crippen LogP contribution is -2.51. The molecule has 0 radical (unpaired) electrons. The van der Waals surface area contributed by atoms with E-state index in [0.717, 1.165) is 15.6 Å². The van der Waals surface area contributed by atoms with Gasteiger partial charge in [-0.15, -0.1) is 0 Å². The fraction of sp³-hybridized carbons (Fsp3) is 0.290. The number of nitrogens with zero attached hydrogens (tertiary/aromatic N) is 2. The van der Waals surface area contributed by atoms with Crippen LogP contribution in [0.2, 0.25) is 0 Å². The molecule has 1 heterocycles. The lowest BCUT2D eigenvalue weighted by molar-refractivity contribution is -0.141. The predicted octanol–water partition coefficient (Wildman–Crippen LogP) is 4.99. The van der Waals surface area contributed by atoms with Gasteiger partial charge in [-0.3, -0.25) is 24.1 Å². The molecule has 202 valence electrons. The van der Waals surface area contributed by atoms with Crippen LogP contribution in [0.5, 0.6) is 0 Å². The van der Waals surface area contributed by atoms with Crippen molar-refractivity contribution in [2.75, 3.05) is 6.54 Å². The van der Waals surface area contributed by atoms with Gasteiger partial charge >= 0.3 is 0 Å². The van der Waals surface area contributed by atoms with E-state index in [4.69, 9.17) is 0 Å².